The molecule has 8 nitrogen and oxygen atoms in total. The van der Waals surface area contributed by atoms with Crippen molar-refractivity contribution in [1.82, 2.24) is 10.6 Å². The zero-order chi connectivity index (χ0) is 20.1. The summed E-state index contributed by atoms with van der Waals surface area (Å²) in [5.74, 6) is 2.78. The van der Waals surface area contributed by atoms with Crippen LogP contribution in [-0.4, -0.2) is 64.5 Å². The number of rotatable bonds is 6. The molecular weight excluding hydrogens is 382 g/mol. The average molecular weight is 409 g/mol. The Bertz CT molecular complexity index is 777. The quantitative estimate of drug-likeness (QED) is 0.579. The van der Waals surface area contributed by atoms with Gasteiger partial charge in [0.1, 0.15) is 6.54 Å². The Morgan fingerprint density at radius 3 is 2.54 bits per heavy atom. The predicted octanol–water partition coefficient (Wildman–Crippen LogP) is 0.117. The molecule has 28 heavy (non-hydrogen) atoms. The first-order valence-corrected chi connectivity index (χ1v) is 10.2. The highest BCUT2D eigenvalue weighted by atomic mass is 32.2. The molecule has 0 radical (unpaired) electrons. The van der Waals surface area contributed by atoms with E-state index < -0.39 is 12.0 Å². The molecular formula is C19H26N3O5S+. The zero-order valence-electron chi connectivity index (χ0n) is 16.3. The number of methoxy groups -OCH3 is 3. The Morgan fingerprint density at radius 1 is 1.18 bits per heavy atom. The number of carbonyl (C=O) groups excluding carboxylic acids is 2. The summed E-state index contributed by atoms with van der Waals surface area (Å²) in [4.78, 5) is 26.3. The molecule has 3 N–H and O–H groups in total. The molecule has 2 aliphatic rings. The minimum atomic E-state index is -0.630. The number of carbonyl (C=O) groups is 2. The van der Waals surface area contributed by atoms with Crippen LogP contribution in [0.4, 0.5) is 4.79 Å². The molecule has 2 heterocycles. The molecule has 0 aromatic heterocycles. The number of ether oxygens (including phenoxy) is 3. The smallest absolute Gasteiger partial charge is 0.338 e. The van der Waals surface area contributed by atoms with E-state index in [2.05, 4.69) is 10.6 Å². The van der Waals surface area contributed by atoms with E-state index in [9.17, 15) is 9.59 Å². The molecule has 0 aliphatic carbocycles. The van der Waals surface area contributed by atoms with Crippen LogP contribution in [0.3, 0.4) is 0 Å². The van der Waals surface area contributed by atoms with Gasteiger partial charge < -0.3 is 29.7 Å². The molecule has 1 saturated heterocycles. The number of hydrogen-bond donors (Lipinski definition) is 3. The van der Waals surface area contributed by atoms with E-state index in [1.165, 1.54) is 12.0 Å². The van der Waals surface area contributed by atoms with Crippen molar-refractivity contribution in [3.63, 3.8) is 0 Å². The third kappa shape index (κ3) is 4.36. The first kappa shape index (κ1) is 20.3. The second-order valence-electron chi connectivity index (χ2n) is 6.57. The van der Waals surface area contributed by atoms with Crippen molar-refractivity contribution in [3.8, 4) is 11.5 Å². The number of hydrogen-bond acceptors (Lipinski definition) is 6. The van der Waals surface area contributed by atoms with Crippen molar-refractivity contribution in [2.24, 2.45) is 0 Å². The van der Waals surface area contributed by atoms with Crippen molar-refractivity contribution in [2.45, 2.75) is 6.04 Å². The summed E-state index contributed by atoms with van der Waals surface area (Å²) < 4.78 is 15.7. The highest BCUT2D eigenvalue weighted by Crippen LogP contribution is 2.34. The first-order chi connectivity index (χ1) is 13.6. The van der Waals surface area contributed by atoms with Crippen LogP contribution in [0.25, 0.3) is 0 Å². The van der Waals surface area contributed by atoms with E-state index in [0.29, 0.717) is 29.3 Å². The minimum Gasteiger partial charge on any atom is -0.493 e. The largest absolute Gasteiger partial charge is 0.493 e. The van der Waals surface area contributed by atoms with Gasteiger partial charge in [-0.2, -0.15) is 11.8 Å². The van der Waals surface area contributed by atoms with E-state index in [-0.39, 0.29) is 6.03 Å². The van der Waals surface area contributed by atoms with Crippen LogP contribution in [-0.2, 0) is 9.53 Å². The molecule has 0 saturated carbocycles. The number of nitrogens with one attached hydrogen (secondary N) is 3. The first-order valence-electron chi connectivity index (χ1n) is 9.09. The van der Waals surface area contributed by atoms with Gasteiger partial charge >= 0.3 is 12.0 Å². The molecule has 1 fully saturated rings. The van der Waals surface area contributed by atoms with Crippen LogP contribution in [0.5, 0.6) is 11.5 Å². The van der Waals surface area contributed by atoms with Gasteiger partial charge in [0.2, 0.25) is 0 Å². The van der Waals surface area contributed by atoms with E-state index in [0.717, 1.165) is 30.2 Å². The molecule has 0 spiro atoms. The maximum atomic E-state index is 12.6. The fraction of sp³-hybridized carbons (Fsp3) is 0.474. The maximum absolute atomic E-state index is 12.6. The van der Waals surface area contributed by atoms with Gasteiger partial charge in [0.25, 0.3) is 0 Å². The standard InChI is InChI=1S/C19H25N3O5S/c1-25-14-5-4-12(10-15(14)26-2)17-16(18(23)27-3)13(20-19(24)21-17)11-22-6-8-28-9-7-22/h4-5,10,17H,6-9,11H2,1-3H3,(H2,20,21,24)/p+1/t17-/m1/s1. The van der Waals surface area contributed by atoms with Crippen molar-refractivity contribution in [3.05, 3.63) is 35.0 Å². The van der Waals surface area contributed by atoms with Gasteiger partial charge in [-0.1, -0.05) is 6.07 Å². The van der Waals surface area contributed by atoms with Gasteiger partial charge in [0.05, 0.1) is 51.7 Å². The SMILES string of the molecule is COC(=O)C1=C(C[NH+]2CCSCC2)NC(=O)N[C@@H]1c1ccc(OC)c(OC)c1. The second-order valence-corrected chi connectivity index (χ2v) is 7.79. The Morgan fingerprint density at radius 2 is 1.89 bits per heavy atom. The minimum absolute atomic E-state index is 0.340. The van der Waals surface area contributed by atoms with Gasteiger partial charge in [0.15, 0.2) is 11.5 Å². The lowest BCUT2D eigenvalue weighted by Crippen LogP contribution is -3.14. The topological polar surface area (TPSA) is 90.3 Å². The number of urea groups is 1. The van der Waals surface area contributed by atoms with Crippen molar-refractivity contribution in [1.29, 1.82) is 0 Å². The fourth-order valence-electron chi connectivity index (χ4n) is 3.48. The van der Waals surface area contributed by atoms with Gasteiger partial charge in [-0.15, -0.1) is 0 Å². The lowest BCUT2D eigenvalue weighted by Gasteiger charge is -2.31. The van der Waals surface area contributed by atoms with Crippen LogP contribution < -0.4 is 25.0 Å². The monoisotopic (exact) mass is 408 g/mol. The molecule has 0 bridgehead atoms. The summed E-state index contributed by atoms with van der Waals surface area (Å²) in [6.07, 6.45) is 0. The summed E-state index contributed by atoms with van der Waals surface area (Å²) in [5.41, 5.74) is 1.74. The zero-order valence-corrected chi connectivity index (χ0v) is 17.1. The van der Waals surface area contributed by atoms with E-state index in [1.54, 1.807) is 26.4 Å². The summed E-state index contributed by atoms with van der Waals surface area (Å²) in [7, 11) is 4.45. The molecule has 1 atom stereocenters. The third-order valence-corrected chi connectivity index (χ3v) is 5.91. The van der Waals surface area contributed by atoms with Crippen molar-refractivity contribution in [2.75, 3.05) is 52.5 Å². The molecule has 9 heteroatoms. The van der Waals surface area contributed by atoms with Crippen LogP contribution in [0.2, 0.25) is 0 Å². The molecule has 1 aromatic rings. The number of esters is 1. The summed E-state index contributed by atoms with van der Waals surface area (Å²) in [5, 5.41) is 5.66. The van der Waals surface area contributed by atoms with Gasteiger partial charge in [-0.25, -0.2) is 9.59 Å². The maximum Gasteiger partial charge on any atom is 0.338 e. The summed E-state index contributed by atoms with van der Waals surface area (Å²) in [6, 6.07) is 4.36. The number of amides is 2. The van der Waals surface area contributed by atoms with Crippen LogP contribution in [0.15, 0.2) is 29.5 Å². The van der Waals surface area contributed by atoms with E-state index >= 15 is 0 Å². The Hall–Kier alpha value is -2.39. The van der Waals surface area contributed by atoms with E-state index in [4.69, 9.17) is 14.2 Å². The predicted molar refractivity (Wildman–Crippen MR) is 106 cm³/mol. The fourth-order valence-corrected chi connectivity index (χ4v) is 4.55. The lowest BCUT2D eigenvalue weighted by molar-refractivity contribution is -0.891. The summed E-state index contributed by atoms with van der Waals surface area (Å²) in [6.45, 7) is 2.56. The third-order valence-electron chi connectivity index (χ3n) is 4.93. The Labute approximate surface area is 168 Å². The molecule has 2 aliphatic heterocycles. The van der Waals surface area contributed by atoms with Gasteiger partial charge in [-0.3, -0.25) is 0 Å². The molecule has 0 unspecified atom stereocenters. The molecule has 2 amide bonds. The number of thioether (sulfide) groups is 1. The number of quaternary nitrogens is 1. The van der Waals surface area contributed by atoms with E-state index in [1.807, 2.05) is 17.8 Å². The van der Waals surface area contributed by atoms with Crippen LogP contribution in [0.1, 0.15) is 11.6 Å². The summed E-state index contributed by atoms with van der Waals surface area (Å²) >= 11 is 1.92. The van der Waals surface area contributed by atoms with Gasteiger partial charge in [0, 0.05) is 11.5 Å². The van der Waals surface area contributed by atoms with Crippen molar-refractivity contribution >= 4 is 23.8 Å². The lowest BCUT2D eigenvalue weighted by atomic mass is 9.94. The molecule has 3 rings (SSSR count). The number of benzene rings is 1. The average Bonchev–Trinajstić information content (AvgIpc) is 2.73. The second kappa shape index (κ2) is 9.20. The Kier molecular flexibility index (Phi) is 6.69. The molecule has 1 aromatic carbocycles. The highest BCUT2D eigenvalue weighted by Gasteiger charge is 2.35. The normalized spacial score (nSPS) is 20.2. The highest BCUT2D eigenvalue weighted by molar-refractivity contribution is 7.99. The van der Waals surface area contributed by atoms with Crippen LogP contribution >= 0.6 is 11.8 Å². The van der Waals surface area contributed by atoms with Gasteiger partial charge in [-0.05, 0) is 17.7 Å². The van der Waals surface area contributed by atoms with Crippen molar-refractivity contribution < 1.29 is 28.7 Å². The molecule has 152 valence electrons. The Balaban J connectivity index is 2.00. The van der Waals surface area contributed by atoms with Crippen LogP contribution in [0, 0.1) is 0 Å².